The quantitative estimate of drug-likeness (QED) is 0.421. The van der Waals surface area contributed by atoms with Gasteiger partial charge in [0.1, 0.15) is 11.6 Å². The molecule has 4 rings (SSSR count). The van der Waals surface area contributed by atoms with Crippen LogP contribution < -0.4 is 10.6 Å². The maximum atomic E-state index is 14.4. The largest absolute Gasteiger partial charge is 0.323 e. The molecule has 0 spiro atoms. The number of carbonyl (C=O) groups excluding carboxylic acids is 1. The first-order valence-electron chi connectivity index (χ1n) is 8.83. The second-order valence-corrected chi connectivity index (χ2v) is 6.32. The molecule has 0 aliphatic heterocycles. The molecule has 0 fully saturated rings. The van der Waals surface area contributed by atoms with E-state index in [0.29, 0.717) is 22.3 Å². The van der Waals surface area contributed by atoms with E-state index in [-0.39, 0.29) is 11.5 Å². The third-order valence-corrected chi connectivity index (χ3v) is 4.26. The summed E-state index contributed by atoms with van der Waals surface area (Å²) in [6, 6.07) is 17.1. The standard InChI is InChI=1S/C22H16F2N4O/c23-15-9-6-14(7-10-15)8-11-19-17-12-21(18(24)13-20(17)28-27-19)26-22(29)25-16-4-2-1-3-5-16/h1-13H,(H,27,28)(H2,25,26,29). The molecule has 0 saturated carbocycles. The van der Waals surface area contributed by atoms with Gasteiger partial charge >= 0.3 is 6.03 Å². The summed E-state index contributed by atoms with van der Waals surface area (Å²) in [5.74, 6) is -0.897. The minimum absolute atomic E-state index is 0.0313. The summed E-state index contributed by atoms with van der Waals surface area (Å²) in [6.07, 6.45) is 3.51. The summed E-state index contributed by atoms with van der Waals surface area (Å²) in [6.45, 7) is 0. The number of nitrogens with one attached hydrogen (secondary N) is 3. The van der Waals surface area contributed by atoms with E-state index in [1.165, 1.54) is 24.3 Å². The predicted octanol–water partition coefficient (Wildman–Crippen LogP) is 5.66. The maximum Gasteiger partial charge on any atom is 0.323 e. The highest BCUT2D eigenvalue weighted by atomic mass is 19.1. The van der Waals surface area contributed by atoms with Gasteiger partial charge in [0.05, 0.1) is 16.9 Å². The number of anilines is 2. The number of aromatic nitrogens is 2. The second kappa shape index (κ2) is 7.93. The number of fused-ring (bicyclic) bond motifs is 1. The summed E-state index contributed by atoms with van der Waals surface area (Å²) in [5.41, 5.74) is 2.48. The molecule has 2 amide bonds. The van der Waals surface area contributed by atoms with Crippen LogP contribution in [0, 0.1) is 11.6 Å². The van der Waals surface area contributed by atoms with E-state index in [1.54, 1.807) is 48.6 Å². The first-order chi connectivity index (χ1) is 14.1. The van der Waals surface area contributed by atoms with Crippen molar-refractivity contribution in [2.24, 2.45) is 0 Å². The topological polar surface area (TPSA) is 69.8 Å². The Labute approximate surface area is 165 Å². The number of halogens is 2. The van der Waals surface area contributed by atoms with Crippen molar-refractivity contribution in [3.63, 3.8) is 0 Å². The molecule has 3 aromatic carbocycles. The fraction of sp³-hybridized carbons (Fsp3) is 0. The zero-order chi connectivity index (χ0) is 20.2. The normalized spacial score (nSPS) is 11.1. The van der Waals surface area contributed by atoms with E-state index in [9.17, 15) is 13.6 Å². The van der Waals surface area contributed by atoms with Gasteiger partial charge in [-0.1, -0.05) is 36.4 Å². The summed E-state index contributed by atoms with van der Waals surface area (Å²) in [7, 11) is 0. The Hall–Kier alpha value is -4.00. The van der Waals surface area contributed by atoms with E-state index in [0.717, 1.165) is 5.56 Å². The van der Waals surface area contributed by atoms with Gasteiger partial charge in [0.2, 0.25) is 0 Å². The molecule has 144 valence electrons. The third-order valence-electron chi connectivity index (χ3n) is 4.26. The molecule has 0 aliphatic carbocycles. The molecule has 0 radical (unpaired) electrons. The predicted molar refractivity (Wildman–Crippen MR) is 110 cm³/mol. The monoisotopic (exact) mass is 390 g/mol. The molecular formula is C22H16F2N4O. The zero-order valence-corrected chi connectivity index (χ0v) is 15.1. The molecule has 7 heteroatoms. The van der Waals surface area contributed by atoms with Crippen molar-refractivity contribution in [1.29, 1.82) is 0 Å². The fourth-order valence-electron chi connectivity index (χ4n) is 2.84. The Morgan fingerprint density at radius 3 is 2.45 bits per heavy atom. The molecule has 3 N–H and O–H groups in total. The highest BCUT2D eigenvalue weighted by Gasteiger charge is 2.12. The molecule has 29 heavy (non-hydrogen) atoms. The van der Waals surface area contributed by atoms with Crippen LogP contribution >= 0.6 is 0 Å². The minimum atomic E-state index is -0.585. The van der Waals surface area contributed by atoms with E-state index in [1.807, 2.05) is 6.07 Å². The molecule has 0 saturated heterocycles. The number of urea groups is 1. The van der Waals surface area contributed by atoms with Crippen LogP contribution in [0.3, 0.4) is 0 Å². The lowest BCUT2D eigenvalue weighted by atomic mass is 10.1. The van der Waals surface area contributed by atoms with E-state index < -0.39 is 11.8 Å². The number of carbonyl (C=O) groups is 1. The van der Waals surface area contributed by atoms with Crippen LogP contribution in [0.1, 0.15) is 11.3 Å². The van der Waals surface area contributed by atoms with Crippen molar-refractivity contribution in [3.05, 3.63) is 89.6 Å². The lowest BCUT2D eigenvalue weighted by molar-refractivity contribution is 0.262. The molecule has 5 nitrogen and oxygen atoms in total. The van der Waals surface area contributed by atoms with E-state index in [2.05, 4.69) is 20.8 Å². The number of amides is 2. The molecule has 0 atom stereocenters. The summed E-state index contributed by atoms with van der Waals surface area (Å²) >= 11 is 0. The highest BCUT2D eigenvalue weighted by molar-refractivity contribution is 6.01. The molecule has 4 aromatic rings. The van der Waals surface area contributed by atoms with Gasteiger partial charge in [-0.3, -0.25) is 5.10 Å². The van der Waals surface area contributed by atoms with Crippen molar-refractivity contribution < 1.29 is 13.6 Å². The average molecular weight is 390 g/mol. The summed E-state index contributed by atoms with van der Waals surface area (Å²) in [4.78, 5) is 12.2. The van der Waals surface area contributed by atoms with Gasteiger partial charge in [0.15, 0.2) is 0 Å². The van der Waals surface area contributed by atoms with Crippen molar-refractivity contribution in [2.75, 3.05) is 10.6 Å². The van der Waals surface area contributed by atoms with Crippen molar-refractivity contribution >= 4 is 40.5 Å². The van der Waals surface area contributed by atoms with Crippen LogP contribution in [0.15, 0.2) is 66.7 Å². The second-order valence-electron chi connectivity index (χ2n) is 6.32. The number of nitrogens with zero attached hydrogens (tertiary/aromatic N) is 1. The van der Waals surface area contributed by atoms with Crippen LogP contribution in [0.2, 0.25) is 0 Å². The van der Waals surface area contributed by atoms with E-state index >= 15 is 0 Å². The van der Waals surface area contributed by atoms with Gasteiger partial charge in [-0.2, -0.15) is 5.10 Å². The summed E-state index contributed by atoms with van der Waals surface area (Å²) < 4.78 is 27.4. The Bertz CT molecular complexity index is 1180. The Kier molecular flexibility index (Phi) is 5.03. The lowest BCUT2D eigenvalue weighted by Gasteiger charge is -2.08. The van der Waals surface area contributed by atoms with Gasteiger partial charge < -0.3 is 10.6 Å². The number of hydrogen-bond acceptors (Lipinski definition) is 2. The Balaban J connectivity index is 1.57. The fourth-order valence-corrected chi connectivity index (χ4v) is 2.84. The molecular weight excluding hydrogens is 374 g/mol. The smallest absolute Gasteiger partial charge is 0.308 e. The number of H-pyrrole nitrogens is 1. The maximum absolute atomic E-state index is 14.4. The molecule has 0 bridgehead atoms. The van der Waals surface area contributed by atoms with Crippen LogP contribution in [0.4, 0.5) is 25.0 Å². The molecule has 1 aromatic heterocycles. The average Bonchev–Trinajstić information content (AvgIpc) is 3.10. The number of benzene rings is 3. The van der Waals surface area contributed by atoms with Gasteiger partial charge in [-0.15, -0.1) is 0 Å². The minimum Gasteiger partial charge on any atom is -0.308 e. The Morgan fingerprint density at radius 1 is 0.931 bits per heavy atom. The molecule has 1 heterocycles. The number of aromatic amines is 1. The van der Waals surface area contributed by atoms with Gasteiger partial charge in [-0.05, 0) is 42.0 Å². The highest BCUT2D eigenvalue weighted by Crippen LogP contribution is 2.25. The number of para-hydroxylation sites is 1. The molecule has 0 unspecified atom stereocenters. The Morgan fingerprint density at radius 2 is 1.69 bits per heavy atom. The van der Waals surface area contributed by atoms with Crippen LogP contribution in [0.5, 0.6) is 0 Å². The third kappa shape index (κ3) is 4.30. The molecule has 0 aliphatic rings. The van der Waals surface area contributed by atoms with Crippen molar-refractivity contribution in [3.8, 4) is 0 Å². The van der Waals surface area contributed by atoms with Gasteiger partial charge in [0.25, 0.3) is 0 Å². The zero-order valence-electron chi connectivity index (χ0n) is 15.1. The number of hydrogen-bond donors (Lipinski definition) is 3. The van der Waals surface area contributed by atoms with Crippen molar-refractivity contribution in [1.82, 2.24) is 10.2 Å². The van der Waals surface area contributed by atoms with Crippen LogP contribution in [0.25, 0.3) is 23.1 Å². The van der Waals surface area contributed by atoms with Crippen LogP contribution in [-0.2, 0) is 0 Å². The summed E-state index contributed by atoms with van der Waals surface area (Å²) in [5, 5.41) is 12.7. The first-order valence-corrected chi connectivity index (χ1v) is 8.83. The van der Waals surface area contributed by atoms with Gasteiger partial charge in [0, 0.05) is 17.1 Å². The first kappa shape index (κ1) is 18.4. The SMILES string of the molecule is O=C(Nc1ccccc1)Nc1cc2c(C=Cc3ccc(F)cc3)n[nH]c2cc1F. The van der Waals surface area contributed by atoms with Gasteiger partial charge in [-0.25, -0.2) is 13.6 Å². The van der Waals surface area contributed by atoms with Crippen LogP contribution in [-0.4, -0.2) is 16.2 Å². The number of rotatable bonds is 4. The van der Waals surface area contributed by atoms with Crippen molar-refractivity contribution in [2.45, 2.75) is 0 Å². The van der Waals surface area contributed by atoms with E-state index in [4.69, 9.17) is 0 Å². The lowest BCUT2D eigenvalue weighted by Crippen LogP contribution is -2.20.